The zero-order valence-electron chi connectivity index (χ0n) is 14.9. The molecule has 0 unspecified atom stereocenters. The predicted octanol–water partition coefficient (Wildman–Crippen LogP) is 5.47. The number of carbonyl (C=O) groups excluding carboxylic acids is 1. The van der Waals surface area contributed by atoms with Crippen LogP contribution < -0.4 is 4.90 Å². The minimum Gasteiger partial charge on any atom is -0.314 e. The summed E-state index contributed by atoms with van der Waals surface area (Å²) in [5.41, 5.74) is 1.67. The largest absolute Gasteiger partial charge is 0.314 e. The minimum absolute atomic E-state index is 0.0556. The Morgan fingerprint density at radius 3 is 2.54 bits per heavy atom. The van der Waals surface area contributed by atoms with Crippen molar-refractivity contribution in [3.8, 4) is 0 Å². The van der Waals surface area contributed by atoms with Crippen LogP contribution in [0.4, 0.5) is 10.1 Å². The van der Waals surface area contributed by atoms with Gasteiger partial charge in [0.1, 0.15) is 5.83 Å². The van der Waals surface area contributed by atoms with E-state index >= 15 is 0 Å². The summed E-state index contributed by atoms with van der Waals surface area (Å²) >= 11 is 0. The topological polar surface area (TPSA) is 20.3 Å². The molecule has 1 amide bonds. The van der Waals surface area contributed by atoms with Crippen LogP contribution in [0.1, 0.15) is 24.5 Å². The number of hydrogen-bond donors (Lipinski definition) is 0. The molecule has 1 atom stereocenters. The third kappa shape index (κ3) is 2.60. The number of likely N-dealkylation sites (N-methyl/N-ethyl adjacent to an activating group) is 1. The molecule has 0 radical (unpaired) electrons. The summed E-state index contributed by atoms with van der Waals surface area (Å²) in [6.45, 7) is 1.82. The quantitative estimate of drug-likeness (QED) is 0.616. The molecule has 0 aliphatic carbocycles. The van der Waals surface area contributed by atoms with E-state index in [1.165, 1.54) is 6.08 Å². The lowest BCUT2D eigenvalue weighted by Gasteiger charge is -2.22. The van der Waals surface area contributed by atoms with Crippen molar-refractivity contribution in [1.82, 2.24) is 0 Å². The Labute approximate surface area is 152 Å². The van der Waals surface area contributed by atoms with Crippen LogP contribution in [0.15, 0.2) is 72.6 Å². The molecule has 1 aliphatic heterocycles. The van der Waals surface area contributed by atoms with Gasteiger partial charge in [-0.15, -0.1) is 0 Å². The van der Waals surface area contributed by atoms with Crippen molar-refractivity contribution >= 4 is 28.4 Å². The van der Waals surface area contributed by atoms with Crippen LogP contribution in [-0.2, 0) is 10.2 Å². The lowest BCUT2D eigenvalue weighted by atomic mass is 9.80. The van der Waals surface area contributed by atoms with Crippen molar-refractivity contribution in [3.05, 3.63) is 83.7 Å². The van der Waals surface area contributed by atoms with Crippen molar-refractivity contribution < 1.29 is 9.18 Å². The van der Waals surface area contributed by atoms with Crippen LogP contribution in [0, 0.1) is 0 Å². The summed E-state index contributed by atoms with van der Waals surface area (Å²) in [7, 11) is 1.75. The molecule has 3 aromatic carbocycles. The molecule has 1 aliphatic rings. The molecule has 1 heterocycles. The van der Waals surface area contributed by atoms with Gasteiger partial charge < -0.3 is 4.90 Å². The van der Waals surface area contributed by atoms with Crippen LogP contribution in [-0.4, -0.2) is 13.0 Å². The van der Waals surface area contributed by atoms with E-state index in [2.05, 4.69) is 0 Å². The first-order valence-corrected chi connectivity index (χ1v) is 8.71. The second-order valence-electron chi connectivity index (χ2n) is 7.09. The highest BCUT2D eigenvalue weighted by Gasteiger charge is 2.46. The average Bonchev–Trinajstić information content (AvgIpc) is 2.83. The van der Waals surface area contributed by atoms with Gasteiger partial charge in [0.15, 0.2) is 0 Å². The van der Waals surface area contributed by atoms with E-state index in [0.717, 1.165) is 27.6 Å². The lowest BCUT2D eigenvalue weighted by Crippen LogP contribution is -2.36. The fourth-order valence-corrected chi connectivity index (χ4v) is 3.87. The molecule has 3 aromatic rings. The second kappa shape index (κ2) is 6.10. The summed E-state index contributed by atoms with van der Waals surface area (Å²) in [6, 6.07) is 21.5. The molecule has 2 nitrogen and oxygen atoms in total. The fourth-order valence-electron chi connectivity index (χ4n) is 3.87. The minimum atomic E-state index is -0.872. The van der Waals surface area contributed by atoms with E-state index < -0.39 is 5.41 Å². The van der Waals surface area contributed by atoms with Gasteiger partial charge in [-0.05, 0) is 47.0 Å². The number of benzene rings is 3. The number of hydrogen-bond acceptors (Lipinski definition) is 1. The molecule has 0 bridgehead atoms. The standard InChI is InChI=1S/C23H20FNO/c1-23(20-9-5-6-10-21(20)25(2)22(23)26)15-19(24)14-16-11-12-17-7-3-4-8-18(17)13-16/h3-14H,15H2,1-2H3/b19-14-/t23-/m1/s1. The van der Waals surface area contributed by atoms with Gasteiger partial charge in [0.05, 0.1) is 5.41 Å². The van der Waals surface area contributed by atoms with Gasteiger partial charge in [-0.25, -0.2) is 4.39 Å². The summed E-state index contributed by atoms with van der Waals surface area (Å²) < 4.78 is 14.9. The van der Waals surface area contributed by atoms with Crippen molar-refractivity contribution in [2.75, 3.05) is 11.9 Å². The maximum Gasteiger partial charge on any atom is 0.237 e. The molecule has 0 saturated carbocycles. The number of allylic oxidation sites excluding steroid dienone is 1. The lowest BCUT2D eigenvalue weighted by molar-refractivity contribution is -0.122. The summed E-state index contributed by atoms with van der Waals surface area (Å²) in [4.78, 5) is 14.4. The van der Waals surface area contributed by atoms with Gasteiger partial charge in [0.25, 0.3) is 0 Å². The van der Waals surface area contributed by atoms with Gasteiger partial charge in [0.2, 0.25) is 5.91 Å². The van der Waals surface area contributed by atoms with E-state index in [9.17, 15) is 9.18 Å². The number of halogens is 1. The van der Waals surface area contributed by atoms with Gasteiger partial charge >= 0.3 is 0 Å². The van der Waals surface area contributed by atoms with Gasteiger partial charge in [-0.1, -0.05) is 54.6 Å². The number of para-hydroxylation sites is 1. The van der Waals surface area contributed by atoms with Crippen molar-refractivity contribution in [1.29, 1.82) is 0 Å². The Morgan fingerprint density at radius 2 is 1.73 bits per heavy atom. The van der Waals surface area contributed by atoms with E-state index in [1.807, 2.05) is 73.7 Å². The predicted molar refractivity (Wildman–Crippen MR) is 105 cm³/mol. The molecule has 0 aromatic heterocycles. The van der Waals surface area contributed by atoms with Crippen LogP contribution in [0.3, 0.4) is 0 Å². The molecule has 0 spiro atoms. The average molecular weight is 345 g/mol. The van der Waals surface area contributed by atoms with Crippen molar-refractivity contribution in [2.45, 2.75) is 18.8 Å². The molecule has 0 saturated heterocycles. The van der Waals surface area contributed by atoms with Crippen molar-refractivity contribution in [2.24, 2.45) is 0 Å². The first-order chi connectivity index (χ1) is 12.5. The number of nitrogens with zero attached hydrogens (tertiary/aromatic N) is 1. The fraction of sp³-hybridized carbons (Fsp3) is 0.174. The molecule has 3 heteroatoms. The Hall–Kier alpha value is -2.94. The molecular formula is C23H20FNO. The van der Waals surface area contributed by atoms with Gasteiger partial charge in [-0.3, -0.25) is 4.79 Å². The van der Waals surface area contributed by atoms with Crippen LogP contribution in [0.25, 0.3) is 16.8 Å². The second-order valence-corrected chi connectivity index (χ2v) is 7.09. The molecule has 0 fully saturated rings. The van der Waals surface area contributed by atoms with E-state index in [4.69, 9.17) is 0 Å². The molecular weight excluding hydrogens is 325 g/mol. The highest BCUT2D eigenvalue weighted by molar-refractivity contribution is 6.07. The third-order valence-electron chi connectivity index (χ3n) is 5.26. The smallest absolute Gasteiger partial charge is 0.237 e. The number of amides is 1. The highest BCUT2D eigenvalue weighted by Crippen LogP contribution is 2.44. The Bertz CT molecular complexity index is 1040. The molecule has 130 valence electrons. The summed E-state index contributed by atoms with van der Waals surface area (Å²) in [5, 5.41) is 2.20. The van der Waals surface area contributed by atoms with Crippen molar-refractivity contribution in [3.63, 3.8) is 0 Å². The number of anilines is 1. The summed E-state index contributed by atoms with van der Waals surface area (Å²) in [5.74, 6) is -0.359. The Morgan fingerprint density at radius 1 is 1.04 bits per heavy atom. The maximum absolute atomic E-state index is 14.9. The monoisotopic (exact) mass is 345 g/mol. The van der Waals surface area contributed by atoms with Crippen LogP contribution in [0.2, 0.25) is 0 Å². The zero-order chi connectivity index (χ0) is 18.3. The molecule has 0 N–H and O–H groups in total. The first kappa shape index (κ1) is 16.5. The van der Waals surface area contributed by atoms with E-state index in [1.54, 1.807) is 11.9 Å². The SMILES string of the molecule is CN1C(=O)[C@](C)(C/C(F)=C/c2ccc3ccccc3c2)c2ccccc21. The first-order valence-electron chi connectivity index (χ1n) is 8.71. The Kier molecular flexibility index (Phi) is 3.87. The normalized spacial score (nSPS) is 19.9. The molecule has 4 rings (SSSR count). The number of carbonyl (C=O) groups is 1. The third-order valence-corrected chi connectivity index (χ3v) is 5.26. The van der Waals surface area contributed by atoms with E-state index in [0.29, 0.717) is 0 Å². The van der Waals surface area contributed by atoms with Gasteiger partial charge in [0, 0.05) is 19.2 Å². The van der Waals surface area contributed by atoms with Gasteiger partial charge in [-0.2, -0.15) is 0 Å². The Balaban J connectivity index is 1.67. The van der Waals surface area contributed by atoms with E-state index in [-0.39, 0.29) is 18.2 Å². The van der Waals surface area contributed by atoms with Crippen LogP contribution in [0.5, 0.6) is 0 Å². The van der Waals surface area contributed by atoms with Crippen LogP contribution >= 0.6 is 0 Å². The number of fused-ring (bicyclic) bond motifs is 2. The highest BCUT2D eigenvalue weighted by atomic mass is 19.1. The number of rotatable bonds is 3. The summed E-state index contributed by atoms with van der Waals surface area (Å²) in [6.07, 6.45) is 1.59. The molecule has 26 heavy (non-hydrogen) atoms. The zero-order valence-corrected chi connectivity index (χ0v) is 14.9. The maximum atomic E-state index is 14.9.